The lowest BCUT2D eigenvalue weighted by atomic mass is 10.3. The molecule has 0 unspecified atom stereocenters. The first-order valence-corrected chi connectivity index (χ1v) is 9.31. The third-order valence-corrected chi connectivity index (χ3v) is 5.33. The molecule has 0 aliphatic rings. The van der Waals surface area contributed by atoms with Gasteiger partial charge >= 0.3 is 0 Å². The van der Waals surface area contributed by atoms with Crippen LogP contribution >= 0.6 is 23.5 Å². The summed E-state index contributed by atoms with van der Waals surface area (Å²) in [5, 5.41) is 11.4. The van der Waals surface area contributed by atoms with Crippen LogP contribution in [0.25, 0.3) is 0 Å². The second-order valence-corrected chi connectivity index (χ2v) is 7.35. The van der Waals surface area contributed by atoms with Crippen LogP contribution in [0.1, 0.15) is 0 Å². The van der Waals surface area contributed by atoms with Gasteiger partial charge in [-0.2, -0.15) is 0 Å². The number of halogens is 2. The number of benzene rings is 2. The highest BCUT2D eigenvalue weighted by Crippen LogP contribution is 2.26. The average molecular weight is 392 g/mol. The number of hydrogen-bond acceptors (Lipinski definition) is 5. The molecule has 1 heterocycles. The molecule has 0 fully saturated rings. The molecule has 1 amide bonds. The van der Waals surface area contributed by atoms with Gasteiger partial charge < -0.3 is 9.88 Å². The van der Waals surface area contributed by atoms with Crippen LogP contribution in [0.15, 0.2) is 63.7 Å². The van der Waals surface area contributed by atoms with Gasteiger partial charge in [0.2, 0.25) is 5.91 Å². The second-order valence-electron chi connectivity index (χ2n) is 5.26. The normalized spacial score (nSPS) is 10.7. The molecule has 0 atom stereocenters. The zero-order valence-electron chi connectivity index (χ0n) is 13.6. The predicted octanol–water partition coefficient (Wildman–Crippen LogP) is 3.98. The standard InChI is InChI=1S/C17H14F2N4OS2/c1-23-10-20-22-17(23)26-12-4-2-11(3-5-12)21-16(24)9-25-13-6-7-14(18)15(19)8-13/h2-8,10H,9H2,1H3,(H,21,24). The maximum atomic E-state index is 13.1. The van der Waals surface area contributed by atoms with Crippen LogP contribution in [0.5, 0.6) is 0 Å². The zero-order valence-corrected chi connectivity index (χ0v) is 15.3. The van der Waals surface area contributed by atoms with Crippen LogP contribution in [0.4, 0.5) is 14.5 Å². The lowest BCUT2D eigenvalue weighted by molar-refractivity contribution is -0.113. The van der Waals surface area contributed by atoms with E-state index in [-0.39, 0.29) is 11.7 Å². The topological polar surface area (TPSA) is 59.8 Å². The number of aromatic nitrogens is 3. The van der Waals surface area contributed by atoms with E-state index in [1.165, 1.54) is 17.8 Å². The molecule has 9 heteroatoms. The van der Waals surface area contributed by atoms with Crippen molar-refractivity contribution < 1.29 is 13.6 Å². The molecule has 0 radical (unpaired) electrons. The Morgan fingerprint density at radius 2 is 1.85 bits per heavy atom. The van der Waals surface area contributed by atoms with E-state index >= 15 is 0 Å². The van der Waals surface area contributed by atoms with Crippen LogP contribution in [0.3, 0.4) is 0 Å². The summed E-state index contributed by atoms with van der Waals surface area (Å²) in [5.41, 5.74) is 0.656. The van der Waals surface area contributed by atoms with Crippen molar-refractivity contribution in [3.05, 3.63) is 60.4 Å². The molecule has 0 bridgehead atoms. The van der Waals surface area contributed by atoms with Crippen molar-refractivity contribution >= 4 is 35.1 Å². The Bertz CT molecular complexity index is 915. The van der Waals surface area contributed by atoms with Crippen molar-refractivity contribution in [3.63, 3.8) is 0 Å². The number of nitrogens with one attached hydrogen (secondary N) is 1. The molecule has 0 spiro atoms. The molecule has 1 N–H and O–H groups in total. The number of anilines is 1. The number of nitrogens with zero attached hydrogens (tertiary/aromatic N) is 3. The Labute approximate surface area is 157 Å². The summed E-state index contributed by atoms with van der Waals surface area (Å²) in [7, 11) is 1.86. The number of carbonyl (C=O) groups is 1. The van der Waals surface area contributed by atoms with Gasteiger partial charge in [0.15, 0.2) is 16.8 Å². The molecule has 0 aliphatic carbocycles. The number of carbonyl (C=O) groups excluding carboxylic acids is 1. The minimum absolute atomic E-state index is 0.0977. The summed E-state index contributed by atoms with van der Waals surface area (Å²) in [5.74, 6) is -1.96. The van der Waals surface area contributed by atoms with E-state index < -0.39 is 11.6 Å². The largest absolute Gasteiger partial charge is 0.325 e. The quantitative estimate of drug-likeness (QED) is 0.643. The van der Waals surface area contributed by atoms with Gasteiger partial charge in [-0.25, -0.2) is 8.78 Å². The molecule has 5 nitrogen and oxygen atoms in total. The molecule has 3 aromatic rings. The SMILES string of the molecule is Cn1cnnc1Sc1ccc(NC(=O)CSc2ccc(F)c(F)c2)cc1. The number of hydrogen-bond donors (Lipinski definition) is 1. The van der Waals surface area contributed by atoms with Gasteiger partial charge in [-0.1, -0.05) is 0 Å². The summed E-state index contributed by atoms with van der Waals surface area (Å²) in [6.45, 7) is 0. The van der Waals surface area contributed by atoms with E-state index in [4.69, 9.17) is 0 Å². The van der Waals surface area contributed by atoms with E-state index in [2.05, 4.69) is 15.5 Å². The summed E-state index contributed by atoms with van der Waals surface area (Å²) >= 11 is 2.60. The fraction of sp³-hybridized carbons (Fsp3) is 0.118. The van der Waals surface area contributed by atoms with E-state index in [9.17, 15) is 13.6 Å². The zero-order chi connectivity index (χ0) is 18.5. The van der Waals surface area contributed by atoms with Crippen molar-refractivity contribution in [2.75, 3.05) is 11.1 Å². The molecule has 0 saturated heterocycles. The lowest BCUT2D eigenvalue weighted by Crippen LogP contribution is -2.13. The number of rotatable bonds is 6. The smallest absolute Gasteiger partial charge is 0.234 e. The minimum Gasteiger partial charge on any atom is -0.325 e. The van der Waals surface area contributed by atoms with Crippen molar-refractivity contribution in [3.8, 4) is 0 Å². The summed E-state index contributed by atoms with van der Waals surface area (Å²) in [6, 6.07) is 10.9. The van der Waals surface area contributed by atoms with E-state index in [0.29, 0.717) is 10.6 Å². The molecule has 1 aromatic heterocycles. The maximum Gasteiger partial charge on any atom is 0.234 e. The van der Waals surface area contributed by atoms with Crippen molar-refractivity contribution in [2.24, 2.45) is 7.05 Å². The first-order chi connectivity index (χ1) is 12.5. The average Bonchev–Trinajstić information content (AvgIpc) is 3.02. The van der Waals surface area contributed by atoms with Crippen LogP contribution in [0, 0.1) is 11.6 Å². The Balaban J connectivity index is 1.52. The highest BCUT2D eigenvalue weighted by atomic mass is 32.2. The molecule has 0 saturated carbocycles. The molecular formula is C17H14F2N4OS2. The molecule has 0 aliphatic heterocycles. The molecule has 134 valence electrons. The molecule has 26 heavy (non-hydrogen) atoms. The van der Waals surface area contributed by atoms with E-state index in [0.717, 1.165) is 33.9 Å². The Hall–Kier alpha value is -2.39. The van der Waals surface area contributed by atoms with Gasteiger partial charge in [0.1, 0.15) is 6.33 Å². The van der Waals surface area contributed by atoms with Gasteiger partial charge in [0.25, 0.3) is 0 Å². The second kappa shape index (κ2) is 8.33. The van der Waals surface area contributed by atoms with Gasteiger partial charge in [-0.15, -0.1) is 22.0 Å². The van der Waals surface area contributed by atoms with Gasteiger partial charge in [0.05, 0.1) is 5.75 Å². The number of aryl methyl sites for hydroxylation is 1. The number of amides is 1. The Kier molecular flexibility index (Phi) is 5.89. The maximum absolute atomic E-state index is 13.1. The third-order valence-electron chi connectivity index (χ3n) is 3.28. The van der Waals surface area contributed by atoms with Gasteiger partial charge in [-0.3, -0.25) is 4.79 Å². The highest BCUT2D eigenvalue weighted by molar-refractivity contribution is 8.00. The highest BCUT2D eigenvalue weighted by Gasteiger charge is 2.08. The molecular weight excluding hydrogens is 378 g/mol. The molecule has 2 aromatic carbocycles. The fourth-order valence-electron chi connectivity index (χ4n) is 1.99. The Morgan fingerprint density at radius 3 is 2.50 bits per heavy atom. The monoisotopic (exact) mass is 392 g/mol. The fourth-order valence-corrected chi connectivity index (χ4v) is 3.47. The van der Waals surface area contributed by atoms with Crippen LogP contribution in [0.2, 0.25) is 0 Å². The third kappa shape index (κ3) is 4.83. The van der Waals surface area contributed by atoms with Crippen LogP contribution in [-0.2, 0) is 11.8 Å². The first kappa shape index (κ1) is 18.4. The van der Waals surface area contributed by atoms with Crippen LogP contribution < -0.4 is 5.32 Å². The Morgan fingerprint density at radius 1 is 1.12 bits per heavy atom. The minimum atomic E-state index is -0.925. The number of thioether (sulfide) groups is 1. The van der Waals surface area contributed by atoms with Crippen molar-refractivity contribution in [1.82, 2.24) is 14.8 Å². The van der Waals surface area contributed by atoms with E-state index in [1.807, 2.05) is 23.7 Å². The first-order valence-electron chi connectivity index (χ1n) is 7.51. The lowest BCUT2D eigenvalue weighted by Gasteiger charge is -2.07. The summed E-state index contributed by atoms with van der Waals surface area (Å²) < 4.78 is 27.8. The van der Waals surface area contributed by atoms with Crippen LogP contribution in [-0.4, -0.2) is 26.4 Å². The van der Waals surface area contributed by atoms with Gasteiger partial charge in [-0.05, 0) is 54.2 Å². The summed E-state index contributed by atoms with van der Waals surface area (Å²) in [4.78, 5) is 13.5. The van der Waals surface area contributed by atoms with Crippen molar-refractivity contribution in [2.45, 2.75) is 14.9 Å². The van der Waals surface area contributed by atoms with E-state index in [1.54, 1.807) is 18.5 Å². The molecule has 3 rings (SSSR count). The van der Waals surface area contributed by atoms with Gasteiger partial charge in [0, 0.05) is 22.5 Å². The van der Waals surface area contributed by atoms with Crippen molar-refractivity contribution in [1.29, 1.82) is 0 Å². The predicted molar refractivity (Wildman–Crippen MR) is 97.3 cm³/mol. The summed E-state index contributed by atoms with van der Waals surface area (Å²) in [6.07, 6.45) is 1.63.